The van der Waals surface area contributed by atoms with E-state index in [4.69, 9.17) is 0 Å². The van der Waals surface area contributed by atoms with E-state index in [0.29, 0.717) is 6.42 Å². The van der Waals surface area contributed by atoms with E-state index in [1.165, 1.54) is 0 Å². The van der Waals surface area contributed by atoms with Crippen molar-refractivity contribution in [3.63, 3.8) is 0 Å². The van der Waals surface area contributed by atoms with Crippen molar-refractivity contribution < 1.29 is 0 Å². The van der Waals surface area contributed by atoms with E-state index in [0.717, 1.165) is 20.2 Å². The number of nitrogens with one attached hydrogen (secondary N) is 1. The Morgan fingerprint density at radius 3 is 2.40 bits per heavy atom. The van der Waals surface area contributed by atoms with Crippen LogP contribution >= 0.6 is 31.9 Å². The maximum Gasteiger partial charge on any atom is 0.126 e. The highest BCUT2D eigenvalue weighted by molar-refractivity contribution is 9.10. The summed E-state index contributed by atoms with van der Waals surface area (Å²) < 4.78 is 2.03. The standard InChI is InChI=1S/C16H14Br2N2/c1-16(11-19,10-12-5-7-13(17)8-6-12)20-15-4-2-3-14(18)9-15/h2-9,20H,10H2,1H3. The average molecular weight is 394 g/mol. The Labute approximate surface area is 136 Å². The van der Waals surface area contributed by atoms with E-state index in [2.05, 4.69) is 43.2 Å². The Morgan fingerprint density at radius 2 is 1.80 bits per heavy atom. The number of hydrogen-bond donors (Lipinski definition) is 1. The van der Waals surface area contributed by atoms with E-state index < -0.39 is 5.54 Å². The Morgan fingerprint density at radius 1 is 1.10 bits per heavy atom. The van der Waals surface area contributed by atoms with Gasteiger partial charge >= 0.3 is 0 Å². The van der Waals surface area contributed by atoms with Gasteiger partial charge in [0.15, 0.2) is 0 Å². The predicted octanol–water partition coefficient (Wildman–Crippen LogP) is 5.15. The van der Waals surface area contributed by atoms with Gasteiger partial charge in [0.05, 0.1) is 6.07 Å². The first-order chi connectivity index (χ1) is 9.50. The molecule has 0 heterocycles. The number of benzene rings is 2. The molecule has 4 heteroatoms. The largest absolute Gasteiger partial charge is 0.367 e. The van der Waals surface area contributed by atoms with Gasteiger partial charge in [-0.05, 0) is 42.8 Å². The zero-order valence-corrected chi connectivity index (χ0v) is 14.2. The minimum absolute atomic E-state index is 0.642. The first kappa shape index (κ1) is 15.1. The van der Waals surface area contributed by atoms with Crippen LogP contribution < -0.4 is 5.32 Å². The quantitative estimate of drug-likeness (QED) is 0.779. The number of hydrogen-bond acceptors (Lipinski definition) is 2. The van der Waals surface area contributed by atoms with E-state index in [9.17, 15) is 5.26 Å². The van der Waals surface area contributed by atoms with Crippen LogP contribution in [0.15, 0.2) is 57.5 Å². The second-order valence-corrected chi connectivity index (χ2v) is 6.71. The van der Waals surface area contributed by atoms with E-state index >= 15 is 0 Å². The molecular formula is C16H14Br2N2. The molecule has 2 nitrogen and oxygen atoms in total. The normalized spacial score (nSPS) is 13.3. The SMILES string of the molecule is CC(C#N)(Cc1ccc(Br)cc1)Nc1cccc(Br)c1. The van der Waals surface area contributed by atoms with Crippen LogP contribution in [0.3, 0.4) is 0 Å². The van der Waals surface area contributed by atoms with Gasteiger partial charge < -0.3 is 5.32 Å². The Hall–Kier alpha value is -1.31. The van der Waals surface area contributed by atoms with Crippen LogP contribution in [0.4, 0.5) is 5.69 Å². The van der Waals surface area contributed by atoms with Gasteiger partial charge in [0, 0.05) is 21.1 Å². The van der Waals surface area contributed by atoms with Gasteiger partial charge in [0.1, 0.15) is 5.54 Å². The van der Waals surface area contributed by atoms with Crippen molar-refractivity contribution >= 4 is 37.5 Å². The van der Waals surface area contributed by atoms with Crippen LogP contribution in [0.25, 0.3) is 0 Å². The van der Waals surface area contributed by atoms with Gasteiger partial charge in [0.2, 0.25) is 0 Å². The second-order valence-electron chi connectivity index (χ2n) is 4.88. The van der Waals surface area contributed by atoms with Gasteiger partial charge in [-0.25, -0.2) is 0 Å². The van der Waals surface area contributed by atoms with Crippen LogP contribution in [0.1, 0.15) is 12.5 Å². The lowest BCUT2D eigenvalue weighted by Crippen LogP contribution is -2.35. The van der Waals surface area contributed by atoms with Gasteiger partial charge in [-0.1, -0.05) is 50.1 Å². The number of nitrogens with zero attached hydrogens (tertiary/aromatic N) is 1. The van der Waals surface area contributed by atoms with Crippen molar-refractivity contribution in [1.82, 2.24) is 0 Å². The van der Waals surface area contributed by atoms with Gasteiger partial charge in [0.25, 0.3) is 0 Å². The van der Waals surface area contributed by atoms with Gasteiger partial charge in [-0.2, -0.15) is 5.26 Å². The van der Waals surface area contributed by atoms with Crippen molar-refractivity contribution in [2.75, 3.05) is 5.32 Å². The van der Waals surface area contributed by atoms with Crippen LogP contribution in [0.2, 0.25) is 0 Å². The predicted molar refractivity (Wildman–Crippen MR) is 89.6 cm³/mol. The number of halogens is 2. The Kier molecular flexibility index (Phi) is 4.85. The zero-order chi connectivity index (χ0) is 14.6. The topological polar surface area (TPSA) is 35.8 Å². The first-order valence-electron chi connectivity index (χ1n) is 6.20. The Bertz CT molecular complexity index is 632. The summed E-state index contributed by atoms with van der Waals surface area (Å²) >= 11 is 6.86. The minimum atomic E-state index is -0.644. The second kappa shape index (κ2) is 6.43. The summed E-state index contributed by atoms with van der Waals surface area (Å²) in [6, 6.07) is 18.3. The van der Waals surface area contributed by atoms with Crippen molar-refractivity contribution in [3.8, 4) is 6.07 Å². The molecule has 0 saturated carbocycles. The van der Waals surface area contributed by atoms with E-state index in [1.54, 1.807) is 0 Å². The molecule has 0 aliphatic heterocycles. The lowest BCUT2D eigenvalue weighted by molar-refractivity contribution is 0.646. The lowest BCUT2D eigenvalue weighted by atomic mass is 9.94. The Balaban J connectivity index is 2.17. The number of anilines is 1. The fourth-order valence-electron chi connectivity index (χ4n) is 2.01. The smallest absolute Gasteiger partial charge is 0.126 e. The summed E-state index contributed by atoms with van der Waals surface area (Å²) in [5.74, 6) is 0. The summed E-state index contributed by atoms with van der Waals surface area (Å²) in [4.78, 5) is 0. The monoisotopic (exact) mass is 392 g/mol. The highest BCUT2D eigenvalue weighted by Crippen LogP contribution is 2.23. The zero-order valence-electron chi connectivity index (χ0n) is 11.0. The third kappa shape index (κ3) is 4.09. The molecule has 0 bridgehead atoms. The van der Waals surface area contributed by atoms with Crippen LogP contribution in [0, 0.1) is 11.3 Å². The summed E-state index contributed by atoms with van der Waals surface area (Å²) in [5, 5.41) is 12.8. The lowest BCUT2D eigenvalue weighted by Gasteiger charge is -2.25. The first-order valence-corrected chi connectivity index (χ1v) is 7.79. The molecule has 0 aliphatic carbocycles. The van der Waals surface area contributed by atoms with Crippen molar-refractivity contribution in [2.45, 2.75) is 18.9 Å². The molecule has 102 valence electrons. The van der Waals surface area contributed by atoms with E-state index in [-0.39, 0.29) is 0 Å². The summed E-state index contributed by atoms with van der Waals surface area (Å²) in [6.45, 7) is 1.91. The fraction of sp³-hybridized carbons (Fsp3) is 0.188. The van der Waals surface area contributed by atoms with Crippen molar-refractivity contribution in [3.05, 3.63) is 63.0 Å². The van der Waals surface area contributed by atoms with Crippen molar-refractivity contribution in [2.24, 2.45) is 0 Å². The maximum absolute atomic E-state index is 9.50. The molecule has 0 radical (unpaired) electrons. The molecule has 0 spiro atoms. The summed E-state index contributed by atoms with van der Waals surface area (Å²) in [7, 11) is 0. The third-order valence-electron chi connectivity index (χ3n) is 2.96. The molecule has 1 atom stereocenters. The summed E-state index contributed by atoms with van der Waals surface area (Å²) in [6.07, 6.45) is 0.642. The average Bonchev–Trinajstić information content (AvgIpc) is 2.41. The van der Waals surface area contributed by atoms with Crippen LogP contribution in [-0.2, 0) is 6.42 Å². The molecule has 1 unspecified atom stereocenters. The molecule has 2 aromatic rings. The highest BCUT2D eigenvalue weighted by atomic mass is 79.9. The van der Waals surface area contributed by atoms with Gasteiger partial charge in [-0.3, -0.25) is 0 Å². The number of nitriles is 1. The van der Waals surface area contributed by atoms with Crippen molar-refractivity contribution in [1.29, 1.82) is 5.26 Å². The molecule has 20 heavy (non-hydrogen) atoms. The molecule has 0 saturated heterocycles. The molecule has 2 aromatic carbocycles. The molecular weight excluding hydrogens is 380 g/mol. The molecule has 0 amide bonds. The molecule has 2 rings (SSSR count). The molecule has 0 fully saturated rings. The third-order valence-corrected chi connectivity index (χ3v) is 3.98. The molecule has 0 aromatic heterocycles. The van der Waals surface area contributed by atoms with Crippen LogP contribution in [0.5, 0.6) is 0 Å². The minimum Gasteiger partial charge on any atom is -0.367 e. The fourth-order valence-corrected chi connectivity index (χ4v) is 2.67. The summed E-state index contributed by atoms with van der Waals surface area (Å²) in [5.41, 5.74) is 1.41. The van der Waals surface area contributed by atoms with E-state index in [1.807, 2.05) is 55.5 Å². The maximum atomic E-state index is 9.50. The van der Waals surface area contributed by atoms with Crippen LogP contribution in [-0.4, -0.2) is 5.54 Å². The highest BCUT2D eigenvalue weighted by Gasteiger charge is 2.24. The molecule has 1 N–H and O–H groups in total. The molecule has 0 aliphatic rings. The van der Waals surface area contributed by atoms with Gasteiger partial charge in [-0.15, -0.1) is 0 Å². The number of rotatable bonds is 4.